The lowest BCUT2D eigenvalue weighted by atomic mass is 10.1. The van der Waals surface area contributed by atoms with Crippen LogP contribution >= 0.6 is 11.3 Å². The summed E-state index contributed by atoms with van der Waals surface area (Å²) < 4.78 is 11.0. The zero-order valence-corrected chi connectivity index (χ0v) is 17.4. The molecule has 3 fully saturated rings. The Bertz CT molecular complexity index is 778. The van der Waals surface area contributed by atoms with E-state index in [2.05, 4.69) is 20.1 Å². The second-order valence-electron chi connectivity index (χ2n) is 7.52. The molecule has 5 heterocycles. The van der Waals surface area contributed by atoms with E-state index in [0.29, 0.717) is 44.1 Å². The van der Waals surface area contributed by atoms with Crippen LogP contribution in [0.15, 0.2) is 5.38 Å². The first-order valence-electron chi connectivity index (χ1n) is 10.5. The van der Waals surface area contributed by atoms with E-state index >= 15 is 0 Å². The van der Waals surface area contributed by atoms with Gasteiger partial charge < -0.3 is 24.2 Å². The van der Waals surface area contributed by atoms with E-state index < -0.39 is 0 Å². The fourth-order valence-corrected chi connectivity index (χ4v) is 4.73. The molecule has 0 N–H and O–H groups in total. The second kappa shape index (κ2) is 8.76. The summed E-state index contributed by atoms with van der Waals surface area (Å²) in [6.45, 7) is 8.14. The van der Waals surface area contributed by atoms with Gasteiger partial charge >= 0.3 is 0 Å². The summed E-state index contributed by atoms with van der Waals surface area (Å²) in [7, 11) is 0. The summed E-state index contributed by atoms with van der Waals surface area (Å²) in [6.07, 6.45) is 3.79. The van der Waals surface area contributed by atoms with Crippen molar-refractivity contribution >= 4 is 28.4 Å². The van der Waals surface area contributed by atoms with E-state index in [1.807, 2.05) is 0 Å². The molecule has 3 aliphatic heterocycles. The number of nitrogens with zero attached hydrogens (tertiary/aromatic N) is 7. The van der Waals surface area contributed by atoms with Gasteiger partial charge in [-0.2, -0.15) is 15.0 Å². The zero-order valence-electron chi connectivity index (χ0n) is 16.6. The number of morpholine rings is 2. The number of rotatable bonds is 4. The van der Waals surface area contributed by atoms with E-state index in [9.17, 15) is 0 Å². The highest BCUT2D eigenvalue weighted by atomic mass is 32.1. The number of hydrogen-bond donors (Lipinski definition) is 0. The monoisotopic (exact) mass is 417 g/mol. The molecule has 0 amide bonds. The molecule has 0 radical (unpaired) electrons. The second-order valence-corrected chi connectivity index (χ2v) is 8.36. The van der Waals surface area contributed by atoms with Crippen molar-refractivity contribution in [3.8, 4) is 11.5 Å². The molecule has 3 saturated heterocycles. The molecule has 156 valence electrons. The molecule has 0 saturated carbocycles. The molecule has 2 aromatic rings. The van der Waals surface area contributed by atoms with Crippen molar-refractivity contribution in [3.05, 3.63) is 5.38 Å². The smallest absolute Gasteiger partial charge is 0.230 e. The maximum absolute atomic E-state index is 5.50. The molecule has 0 atom stereocenters. The standard InChI is InChI=1S/C19H27N7O2S/c1-2-4-26(5-3-1)19-20-15(14-29-19)16-21-17(24-6-10-27-11-7-24)23-18(22-16)25-8-12-28-13-9-25/h14H,1-13H2. The van der Waals surface area contributed by atoms with Gasteiger partial charge in [0.2, 0.25) is 11.9 Å². The van der Waals surface area contributed by atoms with Gasteiger partial charge in [-0.1, -0.05) is 0 Å². The quantitative estimate of drug-likeness (QED) is 0.738. The Morgan fingerprint density at radius 1 is 0.655 bits per heavy atom. The van der Waals surface area contributed by atoms with Crippen LogP contribution in [0.1, 0.15) is 19.3 Å². The molecule has 3 aliphatic rings. The lowest BCUT2D eigenvalue weighted by molar-refractivity contribution is 0.121. The van der Waals surface area contributed by atoms with Gasteiger partial charge in [0.25, 0.3) is 0 Å². The summed E-state index contributed by atoms with van der Waals surface area (Å²) >= 11 is 1.68. The fourth-order valence-electron chi connectivity index (χ4n) is 3.88. The Kier molecular flexibility index (Phi) is 5.73. The third-order valence-electron chi connectivity index (χ3n) is 5.55. The van der Waals surface area contributed by atoms with Gasteiger partial charge in [-0.25, -0.2) is 4.98 Å². The van der Waals surface area contributed by atoms with Crippen LogP contribution in [0.3, 0.4) is 0 Å². The highest BCUT2D eigenvalue weighted by Gasteiger charge is 2.23. The van der Waals surface area contributed by atoms with E-state index in [1.165, 1.54) is 19.3 Å². The van der Waals surface area contributed by atoms with Crippen molar-refractivity contribution in [2.24, 2.45) is 0 Å². The van der Waals surface area contributed by atoms with Crippen molar-refractivity contribution in [3.63, 3.8) is 0 Å². The number of ether oxygens (including phenoxy) is 2. The average Bonchev–Trinajstić information content (AvgIpc) is 3.31. The van der Waals surface area contributed by atoms with Crippen LogP contribution in [0.2, 0.25) is 0 Å². The molecular formula is C19H27N7O2S. The van der Waals surface area contributed by atoms with Crippen LogP contribution in [0.25, 0.3) is 11.5 Å². The van der Waals surface area contributed by atoms with Gasteiger partial charge in [-0.05, 0) is 19.3 Å². The molecule has 2 aromatic heterocycles. The van der Waals surface area contributed by atoms with E-state index in [0.717, 1.165) is 50.1 Å². The lowest BCUT2D eigenvalue weighted by Crippen LogP contribution is -2.40. The maximum Gasteiger partial charge on any atom is 0.230 e. The third-order valence-corrected chi connectivity index (χ3v) is 6.45. The third kappa shape index (κ3) is 4.29. The van der Waals surface area contributed by atoms with Crippen LogP contribution in [-0.2, 0) is 9.47 Å². The highest BCUT2D eigenvalue weighted by molar-refractivity contribution is 7.14. The summed E-state index contributed by atoms with van der Waals surface area (Å²) in [5.41, 5.74) is 0.835. The predicted octanol–water partition coefficient (Wildman–Crippen LogP) is 1.66. The molecule has 0 unspecified atom stereocenters. The molecule has 0 spiro atoms. The van der Waals surface area contributed by atoms with Gasteiger partial charge in [-0.15, -0.1) is 11.3 Å². The minimum absolute atomic E-state index is 0.655. The van der Waals surface area contributed by atoms with Crippen molar-refractivity contribution in [2.75, 3.05) is 80.4 Å². The van der Waals surface area contributed by atoms with Crippen molar-refractivity contribution in [1.29, 1.82) is 0 Å². The first kappa shape index (κ1) is 19.0. The van der Waals surface area contributed by atoms with Gasteiger partial charge in [0.1, 0.15) is 5.69 Å². The van der Waals surface area contributed by atoms with Crippen molar-refractivity contribution in [2.45, 2.75) is 19.3 Å². The molecule has 9 nitrogen and oxygen atoms in total. The SMILES string of the molecule is c1sc(N2CCCCC2)nc1-c1nc(N2CCOCC2)nc(N2CCOCC2)n1. The van der Waals surface area contributed by atoms with Gasteiger partial charge in [0.05, 0.1) is 26.4 Å². The summed E-state index contributed by atoms with van der Waals surface area (Å²) in [6, 6.07) is 0. The summed E-state index contributed by atoms with van der Waals surface area (Å²) in [4.78, 5) is 26.0. The van der Waals surface area contributed by atoms with Crippen LogP contribution in [-0.4, -0.2) is 85.6 Å². The molecule has 0 aromatic carbocycles. The Morgan fingerprint density at radius 3 is 1.83 bits per heavy atom. The minimum atomic E-state index is 0.655. The summed E-state index contributed by atoms with van der Waals surface area (Å²) in [5.74, 6) is 2.09. The Labute approximate surface area is 174 Å². The Morgan fingerprint density at radius 2 is 1.24 bits per heavy atom. The number of hydrogen-bond acceptors (Lipinski definition) is 10. The number of anilines is 3. The van der Waals surface area contributed by atoms with Gasteiger partial charge in [-0.3, -0.25) is 0 Å². The first-order chi connectivity index (χ1) is 14.4. The summed E-state index contributed by atoms with van der Waals surface area (Å²) in [5, 5.41) is 3.15. The maximum atomic E-state index is 5.50. The van der Waals surface area contributed by atoms with E-state index in [4.69, 9.17) is 29.4 Å². The van der Waals surface area contributed by atoms with E-state index in [1.54, 1.807) is 11.3 Å². The highest BCUT2D eigenvalue weighted by Crippen LogP contribution is 2.29. The van der Waals surface area contributed by atoms with E-state index in [-0.39, 0.29) is 0 Å². The average molecular weight is 418 g/mol. The van der Waals surface area contributed by atoms with Crippen LogP contribution < -0.4 is 14.7 Å². The first-order valence-corrected chi connectivity index (χ1v) is 11.4. The molecule has 10 heteroatoms. The molecule has 5 rings (SSSR count). The normalized spacial score (nSPS) is 20.9. The number of aromatic nitrogens is 4. The van der Waals surface area contributed by atoms with Crippen LogP contribution in [0.5, 0.6) is 0 Å². The van der Waals surface area contributed by atoms with Crippen molar-refractivity contribution in [1.82, 2.24) is 19.9 Å². The minimum Gasteiger partial charge on any atom is -0.378 e. The van der Waals surface area contributed by atoms with Crippen LogP contribution in [0.4, 0.5) is 17.0 Å². The Hall–Kier alpha value is -2.04. The molecule has 0 bridgehead atoms. The topological polar surface area (TPSA) is 79.7 Å². The number of piperidine rings is 1. The fraction of sp³-hybridized carbons (Fsp3) is 0.684. The van der Waals surface area contributed by atoms with Gasteiger partial charge in [0, 0.05) is 44.6 Å². The molecular weight excluding hydrogens is 390 g/mol. The zero-order chi connectivity index (χ0) is 19.5. The largest absolute Gasteiger partial charge is 0.378 e. The molecule has 29 heavy (non-hydrogen) atoms. The number of thiazole rings is 1. The van der Waals surface area contributed by atoms with Crippen molar-refractivity contribution < 1.29 is 9.47 Å². The lowest BCUT2D eigenvalue weighted by Gasteiger charge is -2.30. The van der Waals surface area contributed by atoms with Gasteiger partial charge in [0.15, 0.2) is 11.0 Å². The van der Waals surface area contributed by atoms with Crippen LogP contribution in [0, 0.1) is 0 Å². The molecule has 0 aliphatic carbocycles. The Balaban J connectivity index is 1.46. The predicted molar refractivity (Wildman–Crippen MR) is 113 cm³/mol.